The van der Waals surface area contributed by atoms with Gasteiger partial charge in [-0.15, -0.1) is 0 Å². The van der Waals surface area contributed by atoms with Crippen molar-refractivity contribution in [2.45, 2.75) is 38.6 Å². The van der Waals surface area contributed by atoms with Gasteiger partial charge in [-0.2, -0.15) is 11.8 Å². The molecule has 13 heavy (non-hydrogen) atoms. The van der Waals surface area contributed by atoms with E-state index in [1.54, 1.807) is 0 Å². The molecule has 80 valence electrons. The molecule has 0 saturated carbocycles. The van der Waals surface area contributed by atoms with Crippen molar-refractivity contribution in [1.29, 1.82) is 0 Å². The van der Waals surface area contributed by atoms with E-state index in [-0.39, 0.29) is 0 Å². The van der Waals surface area contributed by atoms with Crippen LogP contribution in [0.1, 0.15) is 32.6 Å². The van der Waals surface area contributed by atoms with Gasteiger partial charge in [0.15, 0.2) is 0 Å². The van der Waals surface area contributed by atoms with Crippen LogP contribution in [0.15, 0.2) is 0 Å². The van der Waals surface area contributed by atoms with E-state index < -0.39 is 0 Å². The van der Waals surface area contributed by atoms with E-state index in [9.17, 15) is 0 Å². The average molecular weight is 205 g/mol. The highest BCUT2D eigenvalue weighted by atomic mass is 32.2. The largest absolute Gasteiger partial charge is 0.396 e. The van der Waals surface area contributed by atoms with E-state index in [1.807, 2.05) is 11.8 Å². The summed E-state index contributed by atoms with van der Waals surface area (Å²) >= 11 is 1.91. The van der Waals surface area contributed by atoms with Crippen molar-refractivity contribution >= 4 is 11.8 Å². The Bertz CT molecular complexity index is 101. The number of thioether (sulfide) groups is 1. The Labute approximate surface area is 86.5 Å². The van der Waals surface area contributed by atoms with Crippen LogP contribution in [0.3, 0.4) is 0 Å². The van der Waals surface area contributed by atoms with E-state index in [2.05, 4.69) is 18.5 Å². The van der Waals surface area contributed by atoms with Gasteiger partial charge in [0.1, 0.15) is 0 Å². The third-order valence-electron chi connectivity index (χ3n) is 2.18. The van der Waals surface area contributed by atoms with Crippen molar-refractivity contribution in [1.82, 2.24) is 5.32 Å². The van der Waals surface area contributed by atoms with Crippen molar-refractivity contribution < 1.29 is 5.11 Å². The van der Waals surface area contributed by atoms with Crippen molar-refractivity contribution in [3.8, 4) is 0 Å². The molecule has 0 saturated heterocycles. The van der Waals surface area contributed by atoms with E-state index in [1.165, 1.54) is 18.6 Å². The smallest absolute Gasteiger partial charge is 0.0445 e. The van der Waals surface area contributed by atoms with Crippen LogP contribution in [0.4, 0.5) is 0 Å². The summed E-state index contributed by atoms with van der Waals surface area (Å²) in [5.41, 5.74) is 0. The molecule has 0 rings (SSSR count). The van der Waals surface area contributed by atoms with Gasteiger partial charge in [0.05, 0.1) is 0 Å². The Morgan fingerprint density at radius 2 is 2.15 bits per heavy atom. The Morgan fingerprint density at radius 1 is 1.38 bits per heavy atom. The molecule has 0 amide bonds. The van der Waals surface area contributed by atoms with Crippen LogP contribution >= 0.6 is 11.8 Å². The highest BCUT2D eigenvalue weighted by Crippen LogP contribution is 2.00. The van der Waals surface area contributed by atoms with Crippen LogP contribution in [0.25, 0.3) is 0 Å². The van der Waals surface area contributed by atoms with E-state index >= 15 is 0 Å². The number of unbranched alkanes of at least 4 members (excludes halogenated alkanes) is 1. The Hall–Kier alpha value is 0.270. The lowest BCUT2D eigenvalue weighted by atomic mass is 10.1. The zero-order chi connectivity index (χ0) is 9.94. The summed E-state index contributed by atoms with van der Waals surface area (Å²) in [5, 5.41) is 12.2. The molecule has 0 radical (unpaired) electrons. The Morgan fingerprint density at radius 3 is 2.69 bits per heavy atom. The van der Waals surface area contributed by atoms with Crippen LogP contribution in [0.2, 0.25) is 0 Å². The molecule has 0 aliphatic rings. The molecule has 2 N–H and O–H groups in total. The Balaban J connectivity index is 3.17. The first kappa shape index (κ1) is 13.3. The van der Waals surface area contributed by atoms with Gasteiger partial charge < -0.3 is 10.4 Å². The normalized spacial score (nSPS) is 13.2. The molecule has 3 heteroatoms. The highest BCUT2D eigenvalue weighted by molar-refractivity contribution is 7.98. The molecule has 0 heterocycles. The number of hydrogen-bond donors (Lipinski definition) is 2. The van der Waals surface area contributed by atoms with Gasteiger partial charge in [-0.1, -0.05) is 6.92 Å². The van der Waals surface area contributed by atoms with Gasteiger partial charge in [-0.3, -0.25) is 0 Å². The lowest BCUT2D eigenvalue weighted by Gasteiger charge is -2.15. The van der Waals surface area contributed by atoms with Gasteiger partial charge in [0, 0.05) is 12.6 Å². The quantitative estimate of drug-likeness (QED) is 0.564. The second kappa shape index (κ2) is 10.4. The predicted molar refractivity (Wildman–Crippen MR) is 61.4 cm³/mol. The summed E-state index contributed by atoms with van der Waals surface area (Å²) in [7, 11) is 0. The topological polar surface area (TPSA) is 32.3 Å². The zero-order valence-electron chi connectivity index (χ0n) is 8.88. The maximum atomic E-state index is 8.77. The number of rotatable bonds is 9. The number of nitrogens with one attached hydrogen (secondary N) is 1. The molecule has 0 aliphatic carbocycles. The molecule has 1 atom stereocenters. The number of hydrogen-bond acceptors (Lipinski definition) is 3. The van der Waals surface area contributed by atoms with Crippen molar-refractivity contribution in [2.75, 3.05) is 25.2 Å². The van der Waals surface area contributed by atoms with Crippen LogP contribution < -0.4 is 5.32 Å². The maximum absolute atomic E-state index is 8.77. The Kier molecular flexibility index (Phi) is 10.6. The number of aliphatic hydroxyl groups excluding tert-OH is 1. The van der Waals surface area contributed by atoms with Gasteiger partial charge in [0.25, 0.3) is 0 Å². The number of aliphatic hydroxyl groups is 1. The molecular weight excluding hydrogens is 182 g/mol. The van der Waals surface area contributed by atoms with Crippen molar-refractivity contribution in [3.05, 3.63) is 0 Å². The molecule has 0 aromatic heterocycles. The summed E-state index contributed by atoms with van der Waals surface area (Å²) in [5.74, 6) is 1.26. The molecule has 0 aromatic rings. The fourth-order valence-electron chi connectivity index (χ4n) is 1.28. The maximum Gasteiger partial charge on any atom is 0.0445 e. The lowest BCUT2D eigenvalue weighted by molar-refractivity contribution is 0.262. The molecule has 0 fully saturated rings. The average Bonchev–Trinajstić information content (AvgIpc) is 2.16. The highest BCUT2D eigenvalue weighted by Gasteiger charge is 2.02. The monoisotopic (exact) mass is 205 g/mol. The molecule has 0 aliphatic heterocycles. The van der Waals surface area contributed by atoms with E-state index in [4.69, 9.17) is 5.11 Å². The van der Waals surface area contributed by atoms with Crippen molar-refractivity contribution in [2.24, 2.45) is 0 Å². The minimum Gasteiger partial charge on any atom is -0.396 e. The molecule has 0 spiro atoms. The fraction of sp³-hybridized carbons (Fsp3) is 1.00. The van der Waals surface area contributed by atoms with E-state index in [0.29, 0.717) is 12.6 Å². The minimum absolute atomic E-state index is 0.302. The zero-order valence-corrected chi connectivity index (χ0v) is 9.70. The summed E-state index contributed by atoms with van der Waals surface area (Å²) in [4.78, 5) is 0. The predicted octanol–water partition coefficient (Wildman–Crippen LogP) is 1.88. The first-order valence-electron chi connectivity index (χ1n) is 5.18. The summed E-state index contributed by atoms with van der Waals surface area (Å²) < 4.78 is 0. The van der Waals surface area contributed by atoms with Gasteiger partial charge >= 0.3 is 0 Å². The molecule has 0 bridgehead atoms. The van der Waals surface area contributed by atoms with Gasteiger partial charge in [-0.05, 0) is 44.2 Å². The molecule has 2 nitrogen and oxygen atoms in total. The molecule has 0 aromatic carbocycles. The SMILES string of the molecule is CCC(CCO)NCCCCSC. The van der Waals surface area contributed by atoms with E-state index in [0.717, 1.165) is 19.4 Å². The fourth-order valence-corrected chi connectivity index (χ4v) is 1.78. The first-order valence-corrected chi connectivity index (χ1v) is 6.57. The molecule has 1 unspecified atom stereocenters. The van der Waals surface area contributed by atoms with Crippen LogP contribution in [0, 0.1) is 0 Å². The van der Waals surface area contributed by atoms with Crippen LogP contribution in [0.5, 0.6) is 0 Å². The van der Waals surface area contributed by atoms with Crippen LogP contribution in [-0.4, -0.2) is 36.3 Å². The minimum atomic E-state index is 0.302. The summed E-state index contributed by atoms with van der Waals surface area (Å²) in [6.45, 7) is 3.56. The van der Waals surface area contributed by atoms with Crippen molar-refractivity contribution in [3.63, 3.8) is 0 Å². The first-order chi connectivity index (χ1) is 6.35. The second-order valence-corrected chi connectivity index (χ2v) is 4.26. The molecular formula is C10H23NOS. The standard InChI is InChI=1S/C10H23NOS/c1-3-10(6-8-12)11-7-4-5-9-13-2/h10-12H,3-9H2,1-2H3. The van der Waals surface area contributed by atoms with Gasteiger partial charge in [-0.25, -0.2) is 0 Å². The third-order valence-corrected chi connectivity index (χ3v) is 2.88. The summed E-state index contributed by atoms with van der Waals surface area (Å²) in [6, 6.07) is 0.513. The van der Waals surface area contributed by atoms with Crippen LogP contribution in [-0.2, 0) is 0 Å². The third kappa shape index (κ3) is 8.60. The second-order valence-electron chi connectivity index (χ2n) is 3.27. The lowest BCUT2D eigenvalue weighted by Crippen LogP contribution is -2.30. The summed E-state index contributed by atoms with van der Waals surface area (Å²) in [6.07, 6.45) is 6.70. The van der Waals surface area contributed by atoms with Gasteiger partial charge in [0.2, 0.25) is 0 Å².